The summed E-state index contributed by atoms with van der Waals surface area (Å²) in [6, 6.07) is 9.33. The first kappa shape index (κ1) is 26.6. The fraction of sp³-hybridized carbons (Fsp3) is 0.586. The first-order valence-electron chi connectivity index (χ1n) is 12.5. The molecule has 0 aromatic heterocycles. The molecule has 1 unspecified atom stereocenters. The Morgan fingerprint density at radius 2 is 1.91 bits per heavy atom. The molecular weight excluding hydrogens is 408 g/mol. The molecule has 2 rings (SSSR count). The average Bonchev–Trinajstić information content (AvgIpc) is 3.23. The van der Waals surface area contributed by atoms with Crippen molar-refractivity contribution < 1.29 is 0 Å². The fourth-order valence-corrected chi connectivity index (χ4v) is 4.78. The second-order valence-electron chi connectivity index (χ2n) is 10.5. The van der Waals surface area contributed by atoms with Gasteiger partial charge in [-0.3, -0.25) is 0 Å². The molecule has 0 amide bonds. The quantitative estimate of drug-likeness (QED) is 0.327. The summed E-state index contributed by atoms with van der Waals surface area (Å²) in [4.78, 5) is 3.67. The molecule has 0 spiro atoms. The van der Waals surface area contributed by atoms with Crippen LogP contribution in [0.5, 0.6) is 0 Å². The zero-order valence-corrected chi connectivity index (χ0v) is 22.3. The minimum absolute atomic E-state index is 0.267. The number of rotatable bonds is 11. The van der Waals surface area contributed by atoms with Crippen molar-refractivity contribution in [1.82, 2.24) is 10.2 Å². The lowest BCUT2D eigenvalue weighted by atomic mass is 9.90. The van der Waals surface area contributed by atoms with E-state index in [1.54, 1.807) is 0 Å². The summed E-state index contributed by atoms with van der Waals surface area (Å²) in [6.45, 7) is 20.0. The highest BCUT2D eigenvalue weighted by molar-refractivity contribution is 7.90. The minimum atomic E-state index is 0.267. The van der Waals surface area contributed by atoms with Crippen LogP contribution in [-0.4, -0.2) is 17.5 Å². The highest BCUT2D eigenvalue weighted by atomic mass is 32.1. The van der Waals surface area contributed by atoms with Crippen LogP contribution in [0, 0.1) is 5.41 Å². The molecule has 0 saturated carbocycles. The van der Waals surface area contributed by atoms with Crippen LogP contribution in [0.1, 0.15) is 97.6 Å². The van der Waals surface area contributed by atoms with E-state index in [9.17, 15) is 0 Å². The zero-order valence-electron chi connectivity index (χ0n) is 21.4. The third-order valence-electron chi connectivity index (χ3n) is 6.21. The lowest BCUT2D eigenvalue weighted by Gasteiger charge is -2.34. The van der Waals surface area contributed by atoms with Crippen molar-refractivity contribution in [2.45, 2.75) is 99.1 Å². The Morgan fingerprint density at radius 3 is 2.50 bits per heavy atom. The molecule has 0 radical (unpaired) electrons. The number of likely N-dealkylation sites (tertiary alicyclic amines) is 1. The van der Waals surface area contributed by atoms with Crippen molar-refractivity contribution in [3.63, 3.8) is 0 Å². The molecule has 0 bridgehead atoms. The average molecular weight is 455 g/mol. The van der Waals surface area contributed by atoms with Gasteiger partial charge in [0.05, 0.1) is 6.04 Å². The second-order valence-corrected chi connectivity index (χ2v) is 11.0. The van der Waals surface area contributed by atoms with Crippen molar-refractivity contribution in [1.29, 1.82) is 0 Å². The van der Waals surface area contributed by atoms with Crippen LogP contribution in [0.3, 0.4) is 0 Å². The largest absolute Gasteiger partial charge is 0.383 e. The Bertz CT molecular complexity index is 795. The van der Waals surface area contributed by atoms with E-state index in [0.717, 1.165) is 37.3 Å². The van der Waals surface area contributed by atoms with Crippen molar-refractivity contribution in [2.24, 2.45) is 5.41 Å². The predicted molar refractivity (Wildman–Crippen MR) is 146 cm³/mol. The van der Waals surface area contributed by atoms with Crippen LogP contribution >= 0.6 is 12.6 Å². The molecule has 1 heterocycles. The lowest BCUT2D eigenvalue weighted by Crippen LogP contribution is -2.36. The molecule has 0 aliphatic carbocycles. The monoisotopic (exact) mass is 454 g/mol. The van der Waals surface area contributed by atoms with Crippen molar-refractivity contribution >= 4 is 17.5 Å². The predicted octanol–water partition coefficient (Wildman–Crippen LogP) is 8.34. The van der Waals surface area contributed by atoms with Gasteiger partial charge in [0.1, 0.15) is 0 Å². The van der Waals surface area contributed by atoms with E-state index in [2.05, 4.69) is 88.7 Å². The maximum absolute atomic E-state index is 4.79. The number of unbranched alkanes of at least 4 members (excludes halogenated alkanes) is 1. The minimum Gasteiger partial charge on any atom is -0.383 e. The third kappa shape index (κ3) is 8.06. The molecule has 2 nitrogen and oxygen atoms in total. The van der Waals surface area contributed by atoms with Gasteiger partial charge >= 0.3 is 0 Å². The SMILES string of the molecule is C=C(CC(C)(C)C)N1CCCC1/C(=C\CC)NCc1ccc(/C(S)=C(\C)CCCC)cc1. The van der Waals surface area contributed by atoms with Gasteiger partial charge in [-0.15, -0.1) is 12.6 Å². The maximum atomic E-state index is 4.79. The van der Waals surface area contributed by atoms with Gasteiger partial charge in [-0.25, -0.2) is 0 Å². The van der Waals surface area contributed by atoms with Gasteiger partial charge in [0.25, 0.3) is 0 Å². The molecule has 1 fully saturated rings. The number of nitrogens with zero attached hydrogens (tertiary/aromatic N) is 1. The molecule has 1 N–H and O–H groups in total. The topological polar surface area (TPSA) is 15.3 Å². The molecule has 1 saturated heterocycles. The van der Waals surface area contributed by atoms with Crippen molar-refractivity contribution in [2.75, 3.05) is 6.54 Å². The summed E-state index contributed by atoms with van der Waals surface area (Å²) >= 11 is 4.79. The third-order valence-corrected chi connectivity index (χ3v) is 6.85. The number of hydrogen-bond acceptors (Lipinski definition) is 3. The number of allylic oxidation sites excluding steroid dienone is 3. The van der Waals surface area contributed by atoms with E-state index >= 15 is 0 Å². The molecule has 1 aliphatic heterocycles. The second kappa shape index (κ2) is 12.6. The standard InChI is InChI=1S/C29H46N2S/c1-8-10-13-22(3)28(32)25-17-15-24(16-18-25)21-30-26(12-9-2)27-14-11-19-31(27)23(4)20-29(5,6)7/h12,15-18,27,30,32H,4,8-11,13-14,19-21H2,1-3,5-7H3/b26-12+,28-22-. The molecule has 1 aromatic carbocycles. The van der Waals surface area contributed by atoms with Gasteiger partial charge < -0.3 is 10.2 Å². The molecule has 1 aliphatic rings. The summed E-state index contributed by atoms with van der Waals surface area (Å²) < 4.78 is 0. The Balaban J connectivity index is 2.05. The normalized spacial score (nSPS) is 18.0. The van der Waals surface area contributed by atoms with E-state index < -0.39 is 0 Å². The van der Waals surface area contributed by atoms with Gasteiger partial charge in [-0.05, 0) is 62.0 Å². The number of hydrogen-bond donors (Lipinski definition) is 2. The Kier molecular flexibility index (Phi) is 10.5. The number of nitrogens with one attached hydrogen (secondary N) is 1. The maximum Gasteiger partial charge on any atom is 0.0682 e. The fourth-order valence-electron chi connectivity index (χ4n) is 4.52. The summed E-state index contributed by atoms with van der Waals surface area (Å²) in [5.41, 5.74) is 6.81. The summed E-state index contributed by atoms with van der Waals surface area (Å²) in [6.07, 6.45) is 10.5. The van der Waals surface area contributed by atoms with Gasteiger partial charge in [0.2, 0.25) is 0 Å². The van der Waals surface area contributed by atoms with Crippen LogP contribution in [0.4, 0.5) is 0 Å². The summed E-state index contributed by atoms with van der Waals surface area (Å²) in [5, 5.41) is 3.77. The first-order chi connectivity index (χ1) is 15.2. The zero-order chi connectivity index (χ0) is 23.7. The molecule has 32 heavy (non-hydrogen) atoms. The van der Waals surface area contributed by atoms with Crippen molar-refractivity contribution in [3.8, 4) is 0 Å². The van der Waals surface area contributed by atoms with Gasteiger partial charge in [0.15, 0.2) is 0 Å². The van der Waals surface area contributed by atoms with Gasteiger partial charge in [0, 0.05) is 29.4 Å². The highest BCUT2D eigenvalue weighted by Crippen LogP contribution is 2.32. The van der Waals surface area contributed by atoms with E-state index in [1.165, 1.54) is 53.8 Å². The molecular formula is C29H46N2S. The molecule has 178 valence electrons. The summed E-state index contributed by atoms with van der Waals surface area (Å²) in [5.74, 6) is 0. The van der Waals surface area contributed by atoms with E-state index in [1.807, 2.05) is 0 Å². The molecule has 1 aromatic rings. The lowest BCUT2D eigenvalue weighted by molar-refractivity contribution is 0.288. The van der Waals surface area contributed by atoms with Crippen LogP contribution in [0.15, 0.2) is 53.9 Å². The molecule has 1 atom stereocenters. The van der Waals surface area contributed by atoms with Crippen LogP contribution in [0.25, 0.3) is 4.91 Å². The van der Waals surface area contributed by atoms with E-state index in [-0.39, 0.29) is 5.41 Å². The van der Waals surface area contributed by atoms with Gasteiger partial charge in [-0.1, -0.05) is 83.5 Å². The van der Waals surface area contributed by atoms with Crippen LogP contribution < -0.4 is 5.32 Å². The first-order valence-corrected chi connectivity index (χ1v) is 13.0. The summed E-state index contributed by atoms with van der Waals surface area (Å²) in [7, 11) is 0. The number of thiol groups is 1. The Hall–Kier alpha value is -1.61. The van der Waals surface area contributed by atoms with E-state index in [4.69, 9.17) is 12.6 Å². The smallest absolute Gasteiger partial charge is 0.0682 e. The van der Waals surface area contributed by atoms with Crippen LogP contribution in [0.2, 0.25) is 0 Å². The van der Waals surface area contributed by atoms with Crippen molar-refractivity contribution in [3.05, 3.63) is 65.0 Å². The van der Waals surface area contributed by atoms with Crippen LogP contribution in [-0.2, 0) is 6.54 Å². The van der Waals surface area contributed by atoms with E-state index in [0.29, 0.717) is 6.04 Å². The highest BCUT2D eigenvalue weighted by Gasteiger charge is 2.29. The Morgan fingerprint density at radius 1 is 1.22 bits per heavy atom. The molecule has 3 heteroatoms. The number of benzene rings is 1. The Labute approximate surface area is 203 Å². The van der Waals surface area contributed by atoms with Gasteiger partial charge in [-0.2, -0.15) is 0 Å².